The van der Waals surface area contributed by atoms with Crippen molar-refractivity contribution in [1.82, 2.24) is 4.72 Å². The van der Waals surface area contributed by atoms with Crippen molar-refractivity contribution in [2.75, 3.05) is 6.26 Å². The Hall–Kier alpha value is -1.15. The Kier molecular flexibility index (Phi) is 3.82. The van der Waals surface area contributed by atoms with Crippen LogP contribution in [0, 0.1) is 0 Å². The van der Waals surface area contributed by atoms with E-state index in [1.807, 2.05) is 0 Å². The van der Waals surface area contributed by atoms with E-state index in [1.54, 1.807) is 4.72 Å². The molecular weight excluding hydrogens is 202 g/mol. The van der Waals surface area contributed by atoms with Crippen molar-refractivity contribution in [2.24, 2.45) is 0 Å². The average molecular weight is 211 g/mol. The lowest BCUT2D eigenvalue weighted by atomic mass is 10.2. The molecule has 1 atom stereocenters. The molecule has 0 amide bonds. The Morgan fingerprint density at radius 1 is 1.38 bits per heavy atom. The van der Waals surface area contributed by atoms with E-state index >= 15 is 0 Å². The van der Waals surface area contributed by atoms with Crippen molar-refractivity contribution < 1.29 is 28.2 Å². The predicted octanol–water partition coefficient (Wildman–Crippen LogP) is -1.54. The van der Waals surface area contributed by atoms with Crippen molar-refractivity contribution in [3.05, 3.63) is 0 Å². The summed E-state index contributed by atoms with van der Waals surface area (Å²) >= 11 is 0. The quantitative estimate of drug-likeness (QED) is 0.507. The second-order valence-corrected chi connectivity index (χ2v) is 4.16. The van der Waals surface area contributed by atoms with Gasteiger partial charge in [0.1, 0.15) is 6.04 Å². The maximum Gasteiger partial charge on any atom is 0.322 e. The van der Waals surface area contributed by atoms with Gasteiger partial charge in [0.25, 0.3) is 0 Å². The Labute approximate surface area is 74.4 Å². The Morgan fingerprint density at radius 3 is 2.08 bits per heavy atom. The molecule has 0 spiro atoms. The van der Waals surface area contributed by atoms with Crippen LogP contribution in [-0.2, 0) is 19.6 Å². The summed E-state index contributed by atoms with van der Waals surface area (Å²) in [5, 5.41) is 16.6. The number of rotatable bonds is 5. The van der Waals surface area contributed by atoms with Crippen LogP contribution in [0.1, 0.15) is 6.42 Å². The Balaban J connectivity index is 4.45. The van der Waals surface area contributed by atoms with Crippen LogP contribution in [0.25, 0.3) is 0 Å². The maximum atomic E-state index is 10.6. The van der Waals surface area contributed by atoms with Gasteiger partial charge in [-0.25, -0.2) is 13.1 Å². The van der Waals surface area contributed by atoms with Crippen LogP contribution in [-0.4, -0.2) is 42.9 Å². The fourth-order valence-electron chi connectivity index (χ4n) is 0.612. The molecule has 0 aliphatic carbocycles. The van der Waals surface area contributed by atoms with Crippen molar-refractivity contribution in [3.63, 3.8) is 0 Å². The summed E-state index contributed by atoms with van der Waals surface area (Å²) in [5.41, 5.74) is 0. The van der Waals surface area contributed by atoms with Gasteiger partial charge in [0.05, 0.1) is 12.7 Å². The van der Waals surface area contributed by atoms with E-state index in [-0.39, 0.29) is 0 Å². The molecule has 0 heterocycles. The molecule has 0 aromatic carbocycles. The van der Waals surface area contributed by atoms with E-state index in [4.69, 9.17) is 10.2 Å². The van der Waals surface area contributed by atoms with E-state index < -0.39 is 34.4 Å². The number of nitrogens with one attached hydrogen (secondary N) is 1. The van der Waals surface area contributed by atoms with Crippen LogP contribution in [0.15, 0.2) is 0 Å². The summed E-state index contributed by atoms with van der Waals surface area (Å²) in [7, 11) is -3.71. The lowest BCUT2D eigenvalue weighted by molar-refractivity contribution is -0.145. The van der Waals surface area contributed by atoms with Crippen LogP contribution in [0.2, 0.25) is 0 Å². The molecule has 3 N–H and O–H groups in total. The van der Waals surface area contributed by atoms with E-state index in [0.717, 1.165) is 6.26 Å². The van der Waals surface area contributed by atoms with Crippen LogP contribution >= 0.6 is 0 Å². The largest absolute Gasteiger partial charge is 0.481 e. The minimum atomic E-state index is -3.71. The number of sulfonamides is 1. The number of hydrogen-bond donors (Lipinski definition) is 3. The smallest absolute Gasteiger partial charge is 0.322 e. The molecule has 0 bridgehead atoms. The fraction of sp³-hybridized carbons (Fsp3) is 0.600. The van der Waals surface area contributed by atoms with Gasteiger partial charge in [-0.2, -0.15) is 0 Å². The highest BCUT2D eigenvalue weighted by atomic mass is 32.2. The average Bonchev–Trinajstić information content (AvgIpc) is 1.81. The third-order valence-corrected chi connectivity index (χ3v) is 1.75. The second kappa shape index (κ2) is 4.19. The highest BCUT2D eigenvalue weighted by Crippen LogP contribution is 1.94. The first-order chi connectivity index (χ1) is 5.72. The fourth-order valence-corrected chi connectivity index (χ4v) is 1.31. The summed E-state index contributed by atoms with van der Waals surface area (Å²) in [4.78, 5) is 20.4. The summed E-state index contributed by atoms with van der Waals surface area (Å²) in [5.74, 6) is -2.91. The molecule has 0 fully saturated rings. The van der Waals surface area contributed by atoms with E-state index in [9.17, 15) is 18.0 Å². The zero-order valence-electron chi connectivity index (χ0n) is 6.72. The van der Waals surface area contributed by atoms with Crippen molar-refractivity contribution in [3.8, 4) is 0 Å². The van der Waals surface area contributed by atoms with Crippen LogP contribution < -0.4 is 4.72 Å². The van der Waals surface area contributed by atoms with E-state index in [2.05, 4.69) is 0 Å². The van der Waals surface area contributed by atoms with Crippen LogP contribution in [0.4, 0.5) is 0 Å². The molecule has 0 aliphatic heterocycles. The Morgan fingerprint density at radius 2 is 1.85 bits per heavy atom. The zero-order valence-corrected chi connectivity index (χ0v) is 7.54. The lowest BCUT2D eigenvalue weighted by Gasteiger charge is -2.09. The molecule has 0 radical (unpaired) electrons. The van der Waals surface area contributed by atoms with Gasteiger partial charge in [-0.1, -0.05) is 0 Å². The van der Waals surface area contributed by atoms with Gasteiger partial charge in [-0.15, -0.1) is 0 Å². The normalized spacial score (nSPS) is 13.6. The number of carboxylic acid groups (broad SMARTS) is 2. The first kappa shape index (κ1) is 11.8. The molecule has 7 nitrogen and oxygen atoms in total. The number of carbonyl (C=O) groups is 2. The molecule has 0 rings (SSSR count). The van der Waals surface area contributed by atoms with Gasteiger partial charge in [-0.05, 0) is 0 Å². The first-order valence-electron chi connectivity index (χ1n) is 3.14. The SMILES string of the molecule is CS(=O)(=O)NC(CC(=O)O)C(=O)O. The molecule has 1 unspecified atom stereocenters. The summed E-state index contributed by atoms with van der Waals surface area (Å²) in [6.45, 7) is 0. The maximum absolute atomic E-state index is 10.6. The standard InChI is InChI=1S/C5H9NO6S/c1-13(11,12)6-3(5(9)10)2-4(7)8/h3,6H,2H2,1H3,(H,7,8)(H,9,10). The molecule has 8 heteroatoms. The summed E-state index contributed by atoms with van der Waals surface area (Å²) in [6, 6.07) is -1.62. The van der Waals surface area contributed by atoms with E-state index in [0.29, 0.717) is 0 Å². The molecule has 13 heavy (non-hydrogen) atoms. The number of carboxylic acids is 2. The molecule has 0 saturated heterocycles. The van der Waals surface area contributed by atoms with Gasteiger partial charge in [0.2, 0.25) is 10.0 Å². The second-order valence-electron chi connectivity index (χ2n) is 2.38. The van der Waals surface area contributed by atoms with Crippen molar-refractivity contribution in [2.45, 2.75) is 12.5 Å². The van der Waals surface area contributed by atoms with Crippen molar-refractivity contribution in [1.29, 1.82) is 0 Å². The summed E-state index contributed by atoms with van der Waals surface area (Å²) < 4.78 is 22.8. The molecular formula is C5H9NO6S. The van der Waals surface area contributed by atoms with Crippen LogP contribution in [0.3, 0.4) is 0 Å². The molecule has 76 valence electrons. The van der Waals surface area contributed by atoms with Crippen molar-refractivity contribution >= 4 is 22.0 Å². The molecule has 0 aromatic rings. The van der Waals surface area contributed by atoms with E-state index in [1.165, 1.54) is 0 Å². The highest BCUT2D eigenvalue weighted by molar-refractivity contribution is 7.88. The van der Waals surface area contributed by atoms with Gasteiger partial charge < -0.3 is 10.2 Å². The van der Waals surface area contributed by atoms with Gasteiger partial charge >= 0.3 is 11.9 Å². The summed E-state index contributed by atoms with van der Waals surface area (Å²) in [6.07, 6.45) is -0.0345. The molecule has 0 aliphatic rings. The van der Waals surface area contributed by atoms with Gasteiger partial charge in [-0.3, -0.25) is 9.59 Å². The zero-order chi connectivity index (χ0) is 10.6. The lowest BCUT2D eigenvalue weighted by Crippen LogP contribution is -2.41. The minimum absolute atomic E-state index is 0.755. The number of aliphatic carboxylic acids is 2. The topological polar surface area (TPSA) is 121 Å². The minimum Gasteiger partial charge on any atom is -0.481 e. The third-order valence-electron chi connectivity index (χ3n) is 1.03. The highest BCUT2D eigenvalue weighted by Gasteiger charge is 2.23. The third kappa shape index (κ3) is 6.05. The predicted molar refractivity (Wildman–Crippen MR) is 41.7 cm³/mol. The van der Waals surface area contributed by atoms with Gasteiger partial charge in [0, 0.05) is 0 Å². The van der Waals surface area contributed by atoms with Crippen LogP contribution in [0.5, 0.6) is 0 Å². The van der Waals surface area contributed by atoms with Gasteiger partial charge in [0.15, 0.2) is 0 Å². The molecule has 0 aromatic heterocycles. The molecule has 0 saturated carbocycles. The Bertz CT molecular complexity index is 307. The monoisotopic (exact) mass is 211 g/mol. The first-order valence-corrected chi connectivity index (χ1v) is 5.03. The number of hydrogen-bond acceptors (Lipinski definition) is 4.